The lowest BCUT2D eigenvalue weighted by molar-refractivity contribution is 0.0943. The van der Waals surface area contributed by atoms with Crippen LogP contribution >= 0.6 is 0 Å². The predicted octanol–water partition coefficient (Wildman–Crippen LogP) is 0.660. The van der Waals surface area contributed by atoms with Crippen molar-refractivity contribution in [3.05, 3.63) is 35.9 Å². The van der Waals surface area contributed by atoms with Gasteiger partial charge in [-0.25, -0.2) is 0 Å². The number of nitrogens with one attached hydrogen (secondary N) is 3. The van der Waals surface area contributed by atoms with Gasteiger partial charge in [-0.1, -0.05) is 18.2 Å². The van der Waals surface area contributed by atoms with E-state index >= 15 is 0 Å². The molecule has 3 N–H and O–H groups in total. The van der Waals surface area contributed by atoms with Crippen LogP contribution in [0.15, 0.2) is 35.3 Å². The van der Waals surface area contributed by atoms with E-state index < -0.39 is 0 Å². The van der Waals surface area contributed by atoms with Crippen molar-refractivity contribution in [3.8, 4) is 0 Å². The minimum absolute atomic E-state index is 0.167. The summed E-state index contributed by atoms with van der Waals surface area (Å²) in [7, 11) is 0. The molecular formula is C12H16N4O. The van der Waals surface area contributed by atoms with E-state index in [-0.39, 0.29) is 5.91 Å². The van der Waals surface area contributed by atoms with Gasteiger partial charge >= 0.3 is 0 Å². The zero-order valence-corrected chi connectivity index (χ0v) is 9.57. The summed E-state index contributed by atoms with van der Waals surface area (Å²) in [6.07, 6.45) is 2.17. The summed E-state index contributed by atoms with van der Waals surface area (Å²) in [5.41, 5.74) is 6.03. The number of hydrazine groups is 1. The molecule has 1 aromatic carbocycles. The molecule has 1 aromatic rings. The van der Waals surface area contributed by atoms with Gasteiger partial charge in [0.2, 0.25) is 5.96 Å². The second-order valence-electron chi connectivity index (χ2n) is 3.81. The number of aliphatic imine (C=N–C) groups is 1. The highest BCUT2D eigenvalue weighted by atomic mass is 16.2. The molecule has 1 amide bonds. The first-order chi connectivity index (χ1) is 8.36. The molecule has 0 aromatic heterocycles. The molecule has 0 spiro atoms. The number of carbonyl (C=O) groups is 1. The van der Waals surface area contributed by atoms with Gasteiger partial charge in [0.15, 0.2) is 0 Å². The van der Waals surface area contributed by atoms with Crippen LogP contribution in [0.4, 0.5) is 0 Å². The van der Waals surface area contributed by atoms with E-state index in [1.54, 1.807) is 12.1 Å². The number of rotatable bonds is 1. The van der Waals surface area contributed by atoms with Crippen LogP contribution in [0.5, 0.6) is 0 Å². The first-order valence-corrected chi connectivity index (χ1v) is 5.76. The van der Waals surface area contributed by atoms with Crippen LogP contribution in [0.1, 0.15) is 23.2 Å². The van der Waals surface area contributed by atoms with Crippen molar-refractivity contribution >= 4 is 11.9 Å². The molecule has 1 aliphatic heterocycles. The van der Waals surface area contributed by atoms with Crippen LogP contribution in [-0.4, -0.2) is 25.0 Å². The Balaban J connectivity index is 1.85. The number of guanidine groups is 1. The summed E-state index contributed by atoms with van der Waals surface area (Å²) in [6.45, 7) is 1.67. The Bertz CT molecular complexity index is 402. The van der Waals surface area contributed by atoms with Crippen molar-refractivity contribution in [1.82, 2.24) is 16.2 Å². The Hall–Kier alpha value is -2.04. The minimum Gasteiger partial charge on any atom is -0.355 e. The van der Waals surface area contributed by atoms with Gasteiger partial charge in [0.25, 0.3) is 5.91 Å². The number of nitrogens with zero attached hydrogens (tertiary/aromatic N) is 1. The van der Waals surface area contributed by atoms with Crippen molar-refractivity contribution in [1.29, 1.82) is 0 Å². The van der Waals surface area contributed by atoms with Gasteiger partial charge in [-0.3, -0.25) is 20.6 Å². The van der Waals surface area contributed by atoms with Crippen molar-refractivity contribution in [2.24, 2.45) is 4.99 Å². The predicted molar refractivity (Wildman–Crippen MR) is 66.6 cm³/mol. The highest BCUT2D eigenvalue weighted by molar-refractivity contribution is 5.95. The van der Waals surface area contributed by atoms with Crippen LogP contribution in [0.3, 0.4) is 0 Å². The number of carbonyl (C=O) groups excluding carboxylic acids is 1. The monoisotopic (exact) mass is 232 g/mol. The minimum atomic E-state index is -0.167. The Labute approximate surface area is 100 Å². The third kappa shape index (κ3) is 3.48. The van der Waals surface area contributed by atoms with Crippen molar-refractivity contribution in [3.63, 3.8) is 0 Å². The molecule has 5 heteroatoms. The van der Waals surface area contributed by atoms with Crippen LogP contribution in [0.2, 0.25) is 0 Å². The summed E-state index contributed by atoms with van der Waals surface area (Å²) >= 11 is 0. The molecule has 2 rings (SSSR count). The van der Waals surface area contributed by atoms with Gasteiger partial charge in [0.1, 0.15) is 0 Å². The molecule has 0 unspecified atom stereocenters. The standard InChI is InChI=1S/C12H16N4O/c17-11(10-6-2-1-3-7-10)15-16-12-13-8-4-5-9-14-12/h1-3,6-7H,4-5,8-9H2,(H,15,17)(H2,13,14,16). The SMILES string of the molecule is O=C(NNC1=NCCCCN1)c1ccccc1. The quantitative estimate of drug-likeness (QED) is 0.623. The average molecular weight is 232 g/mol. The first-order valence-electron chi connectivity index (χ1n) is 5.76. The number of hydrogen-bond acceptors (Lipinski definition) is 4. The molecule has 0 atom stereocenters. The van der Waals surface area contributed by atoms with Crippen LogP contribution in [0, 0.1) is 0 Å². The van der Waals surface area contributed by atoms with E-state index in [0.717, 1.165) is 25.9 Å². The molecule has 1 aliphatic rings. The molecule has 5 nitrogen and oxygen atoms in total. The van der Waals surface area contributed by atoms with Crippen molar-refractivity contribution in [2.45, 2.75) is 12.8 Å². The molecule has 0 fully saturated rings. The molecule has 0 saturated heterocycles. The van der Waals surface area contributed by atoms with E-state index in [1.165, 1.54) is 0 Å². The summed E-state index contributed by atoms with van der Waals surface area (Å²) in [6, 6.07) is 9.06. The van der Waals surface area contributed by atoms with E-state index in [4.69, 9.17) is 0 Å². The number of benzene rings is 1. The lowest BCUT2D eigenvalue weighted by Gasteiger charge is -2.11. The fourth-order valence-corrected chi connectivity index (χ4v) is 1.55. The van der Waals surface area contributed by atoms with Gasteiger partial charge in [-0.2, -0.15) is 0 Å². The summed E-state index contributed by atoms with van der Waals surface area (Å²) in [5, 5.41) is 3.11. The second kappa shape index (κ2) is 5.89. The maximum absolute atomic E-state index is 11.7. The van der Waals surface area contributed by atoms with E-state index in [0.29, 0.717) is 11.5 Å². The Morgan fingerprint density at radius 2 is 2.06 bits per heavy atom. The van der Waals surface area contributed by atoms with Crippen LogP contribution < -0.4 is 16.2 Å². The molecule has 0 radical (unpaired) electrons. The van der Waals surface area contributed by atoms with Crippen LogP contribution in [0.25, 0.3) is 0 Å². The summed E-state index contributed by atoms with van der Waals surface area (Å²) < 4.78 is 0. The molecular weight excluding hydrogens is 216 g/mol. The third-order valence-corrected chi connectivity index (χ3v) is 2.48. The number of amides is 1. The molecule has 0 bridgehead atoms. The maximum Gasteiger partial charge on any atom is 0.269 e. The number of hydrogen-bond donors (Lipinski definition) is 3. The Kier molecular flexibility index (Phi) is 3.96. The Morgan fingerprint density at radius 1 is 1.24 bits per heavy atom. The van der Waals surface area contributed by atoms with Crippen molar-refractivity contribution in [2.75, 3.05) is 13.1 Å². The lowest BCUT2D eigenvalue weighted by Crippen LogP contribution is -2.47. The molecule has 1 heterocycles. The Morgan fingerprint density at radius 3 is 2.88 bits per heavy atom. The maximum atomic E-state index is 11.7. The van der Waals surface area contributed by atoms with Crippen molar-refractivity contribution < 1.29 is 4.79 Å². The highest BCUT2D eigenvalue weighted by Gasteiger charge is 2.06. The highest BCUT2D eigenvalue weighted by Crippen LogP contribution is 1.97. The van der Waals surface area contributed by atoms with Gasteiger partial charge < -0.3 is 5.32 Å². The third-order valence-electron chi connectivity index (χ3n) is 2.48. The zero-order valence-electron chi connectivity index (χ0n) is 9.57. The lowest BCUT2D eigenvalue weighted by atomic mass is 10.2. The van der Waals surface area contributed by atoms with Gasteiger partial charge in [0.05, 0.1) is 0 Å². The normalized spacial score (nSPS) is 15.2. The van der Waals surface area contributed by atoms with Crippen LogP contribution in [-0.2, 0) is 0 Å². The smallest absolute Gasteiger partial charge is 0.269 e. The fraction of sp³-hybridized carbons (Fsp3) is 0.333. The molecule has 0 aliphatic carbocycles. The molecule has 17 heavy (non-hydrogen) atoms. The van der Waals surface area contributed by atoms with E-state index in [9.17, 15) is 4.79 Å². The zero-order chi connectivity index (χ0) is 11.9. The van der Waals surface area contributed by atoms with Gasteiger partial charge in [-0.15, -0.1) is 0 Å². The second-order valence-corrected chi connectivity index (χ2v) is 3.81. The van der Waals surface area contributed by atoms with E-state index in [1.807, 2.05) is 18.2 Å². The van der Waals surface area contributed by atoms with Gasteiger partial charge in [0, 0.05) is 18.7 Å². The van der Waals surface area contributed by atoms with Gasteiger partial charge in [-0.05, 0) is 25.0 Å². The average Bonchev–Trinajstić information content (AvgIpc) is 2.65. The largest absolute Gasteiger partial charge is 0.355 e. The first kappa shape index (κ1) is 11.4. The topological polar surface area (TPSA) is 65.5 Å². The summed E-state index contributed by atoms with van der Waals surface area (Å²) in [4.78, 5) is 16.0. The molecule has 0 saturated carbocycles. The van der Waals surface area contributed by atoms with E-state index in [2.05, 4.69) is 21.2 Å². The molecule has 90 valence electrons. The summed E-state index contributed by atoms with van der Waals surface area (Å²) in [5.74, 6) is 0.464. The fourth-order valence-electron chi connectivity index (χ4n) is 1.55.